The summed E-state index contributed by atoms with van der Waals surface area (Å²) >= 11 is 0. The van der Waals surface area contributed by atoms with Crippen molar-refractivity contribution in [3.63, 3.8) is 0 Å². The summed E-state index contributed by atoms with van der Waals surface area (Å²) in [6.07, 6.45) is 4.09. The topological polar surface area (TPSA) is 89.6 Å². The number of amides is 2. The lowest BCUT2D eigenvalue weighted by Crippen LogP contribution is -2.38. The lowest BCUT2D eigenvalue weighted by atomic mass is 9.84. The second-order valence-corrected chi connectivity index (χ2v) is 7.10. The average molecular weight is 372 g/mol. The lowest BCUT2D eigenvalue weighted by Gasteiger charge is -2.30. The van der Waals surface area contributed by atoms with Gasteiger partial charge >= 0.3 is 0 Å². The summed E-state index contributed by atoms with van der Waals surface area (Å²) < 4.78 is 12.1. The third kappa shape index (κ3) is 3.70. The lowest BCUT2D eigenvalue weighted by molar-refractivity contribution is -0.138. The highest BCUT2D eigenvalue weighted by Crippen LogP contribution is 2.29. The number of hydrogen-bond donors (Lipinski definition) is 1. The molecule has 2 amide bonds. The molecule has 2 aliphatic rings. The van der Waals surface area contributed by atoms with Crippen molar-refractivity contribution in [1.29, 1.82) is 0 Å². The van der Waals surface area contributed by atoms with Crippen LogP contribution in [0, 0.1) is 5.92 Å². The Kier molecular flexibility index (Phi) is 4.87. The molecule has 8 nitrogen and oxygen atoms in total. The minimum Gasteiger partial charge on any atom is -0.468 e. The summed E-state index contributed by atoms with van der Waals surface area (Å²) in [4.78, 5) is 26.7. The van der Waals surface area contributed by atoms with Gasteiger partial charge in [-0.25, -0.2) is 0 Å². The molecule has 0 bridgehead atoms. The predicted molar refractivity (Wildman–Crippen MR) is 96.0 cm³/mol. The van der Waals surface area contributed by atoms with E-state index in [2.05, 4.69) is 10.4 Å². The first kappa shape index (κ1) is 17.6. The Labute approximate surface area is 157 Å². The maximum Gasteiger partial charge on any atom is 0.287 e. The summed E-state index contributed by atoms with van der Waals surface area (Å²) in [5, 5.41) is 7.38. The molecule has 0 saturated heterocycles. The van der Waals surface area contributed by atoms with Gasteiger partial charge in [0.2, 0.25) is 5.91 Å². The molecule has 1 aliphatic carbocycles. The summed E-state index contributed by atoms with van der Waals surface area (Å²) in [6, 6.07) is 5.14. The monoisotopic (exact) mass is 372 g/mol. The van der Waals surface area contributed by atoms with E-state index in [4.69, 9.17) is 9.15 Å². The normalized spacial score (nSPS) is 17.0. The van der Waals surface area contributed by atoms with E-state index in [9.17, 15) is 9.59 Å². The Morgan fingerprint density at radius 1 is 1.30 bits per heavy atom. The number of fused-ring (bicyclic) bond motifs is 1. The maximum atomic E-state index is 12.6. The number of carbonyl (C=O) groups excluding carboxylic acids is 2. The standard InChI is InChI=1S/C19H24N4O4/c1-26-17-7-6-16(27-17)18(24)20-11-14-10-15-12-22(8-3-9-23(15)21-14)19(25)13-4-2-5-13/h6-7,10,13H,2-5,8-9,11-12H2,1H3,(H,20,24). The zero-order chi connectivity index (χ0) is 18.8. The van der Waals surface area contributed by atoms with Crippen molar-refractivity contribution in [3.05, 3.63) is 35.3 Å². The van der Waals surface area contributed by atoms with Crippen LogP contribution in [-0.4, -0.2) is 40.1 Å². The van der Waals surface area contributed by atoms with E-state index in [1.807, 2.05) is 15.6 Å². The van der Waals surface area contributed by atoms with Crippen molar-refractivity contribution < 1.29 is 18.7 Å². The molecule has 0 radical (unpaired) electrons. The van der Waals surface area contributed by atoms with Gasteiger partial charge in [-0.05, 0) is 31.4 Å². The molecule has 144 valence electrons. The maximum absolute atomic E-state index is 12.6. The average Bonchev–Trinajstić information content (AvgIpc) is 3.20. The van der Waals surface area contributed by atoms with Gasteiger partial charge in [-0.3, -0.25) is 14.3 Å². The molecule has 3 heterocycles. The Hall–Kier alpha value is -2.77. The van der Waals surface area contributed by atoms with Crippen LogP contribution in [0.2, 0.25) is 0 Å². The SMILES string of the molecule is COc1ccc(C(=O)NCc2cc3n(n2)CCCN(C(=O)C2CCC2)C3)o1. The molecule has 2 aromatic rings. The summed E-state index contributed by atoms with van der Waals surface area (Å²) in [5.74, 6) is 0.666. The summed E-state index contributed by atoms with van der Waals surface area (Å²) in [7, 11) is 1.48. The molecule has 4 rings (SSSR count). The zero-order valence-corrected chi connectivity index (χ0v) is 15.4. The first-order valence-electron chi connectivity index (χ1n) is 9.40. The third-order valence-corrected chi connectivity index (χ3v) is 5.27. The van der Waals surface area contributed by atoms with Gasteiger partial charge in [0.15, 0.2) is 5.76 Å². The van der Waals surface area contributed by atoms with Crippen molar-refractivity contribution >= 4 is 11.8 Å². The molecule has 0 unspecified atom stereocenters. The van der Waals surface area contributed by atoms with E-state index in [0.29, 0.717) is 19.0 Å². The molecule has 0 atom stereocenters. The van der Waals surface area contributed by atoms with Gasteiger partial charge in [0, 0.05) is 25.1 Å². The fourth-order valence-corrected chi connectivity index (χ4v) is 3.52. The minimum atomic E-state index is -0.316. The van der Waals surface area contributed by atoms with Crippen molar-refractivity contribution in [2.45, 2.75) is 45.3 Å². The first-order valence-corrected chi connectivity index (χ1v) is 9.40. The molecular formula is C19H24N4O4. The van der Waals surface area contributed by atoms with Gasteiger partial charge < -0.3 is 19.4 Å². The zero-order valence-electron chi connectivity index (χ0n) is 15.4. The minimum absolute atomic E-state index is 0.199. The van der Waals surface area contributed by atoms with Gasteiger partial charge in [-0.1, -0.05) is 6.42 Å². The van der Waals surface area contributed by atoms with Crippen LogP contribution in [0.25, 0.3) is 0 Å². The van der Waals surface area contributed by atoms with Crippen molar-refractivity contribution in [3.8, 4) is 5.95 Å². The second kappa shape index (κ2) is 7.46. The molecule has 1 fully saturated rings. The number of rotatable bonds is 5. The quantitative estimate of drug-likeness (QED) is 0.866. The number of nitrogens with one attached hydrogen (secondary N) is 1. The van der Waals surface area contributed by atoms with E-state index in [-0.39, 0.29) is 23.5 Å². The van der Waals surface area contributed by atoms with E-state index in [0.717, 1.165) is 50.2 Å². The van der Waals surface area contributed by atoms with Crippen molar-refractivity contribution in [2.75, 3.05) is 13.7 Å². The highest BCUT2D eigenvalue weighted by Gasteiger charge is 2.30. The number of methoxy groups -OCH3 is 1. The van der Waals surface area contributed by atoms with E-state index < -0.39 is 0 Å². The van der Waals surface area contributed by atoms with Crippen LogP contribution < -0.4 is 10.1 Å². The largest absolute Gasteiger partial charge is 0.468 e. The van der Waals surface area contributed by atoms with Crippen LogP contribution in [0.15, 0.2) is 22.6 Å². The molecule has 1 saturated carbocycles. The van der Waals surface area contributed by atoms with Gasteiger partial charge in [0.25, 0.3) is 11.9 Å². The number of hydrogen-bond acceptors (Lipinski definition) is 5. The van der Waals surface area contributed by atoms with Crippen molar-refractivity contribution in [1.82, 2.24) is 20.0 Å². The molecule has 2 aromatic heterocycles. The fourth-order valence-electron chi connectivity index (χ4n) is 3.52. The Bertz CT molecular complexity index is 837. The Balaban J connectivity index is 1.38. The molecule has 1 N–H and O–H groups in total. The molecule has 27 heavy (non-hydrogen) atoms. The number of aryl methyl sites for hydroxylation is 1. The third-order valence-electron chi connectivity index (χ3n) is 5.27. The van der Waals surface area contributed by atoms with Crippen LogP contribution in [0.4, 0.5) is 0 Å². The molecule has 8 heteroatoms. The number of ether oxygens (including phenoxy) is 1. The molecule has 0 aromatic carbocycles. The van der Waals surface area contributed by atoms with Gasteiger partial charge in [0.05, 0.1) is 31.6 Å². The summed E-state index contributed by atoms with van der Waals surface area (Å²) in [5.41, 5.74) is 1.79. The van der Waals surface area contributed by atoms with Crippen LogP contribution in [0.3, 0.4) is 0 Å². The van der Waals surface area contributed by atoms with Gasteiger partial charge in [-0.15, -0.1) is 0 Å². The van der Waals surface area contributed by atoms with E-state index in [1.165, 1.54) is 7.11 Å². The van der Waals surface area contributed by atoms with Gasteiger partial charge in [-0.2, -0.15) is 5.10 Å². The van der Waals surface area contributed by atoms with Crippen LogP contribution in [0.1, 0.15) is 47.6 Å². The first-order chi connectivity index (χ1) is 13.1. The highest BCUT2D eigenvalue weighted by molar-refractivity contribution is 5.91. The van der Waals surface area contributed by atoms with E-state index in [1.54, 1.807) is 12.1 Å². The number of aromatic nitrogens is 2. The second-order valence-electron chi connectivity index (χ2n) is 7.10. The van der Waals surface area contributed by atoms with Crippen LogP contribution in [-0.2, 0) is 24.4 Å². The van der Waals surface area contributed by atoms with Gasteiger partial charge in [0.1, 0.15) is 0 Å². The Morgan fingerprint density at radius 3 is 2.85 bits per heavy atom. The molecule has 1 aliphatic heterocycles. The highest BCUT2D eigenvalue weighted by atomic mass is 16.6. The smallest absolute Gasteiger partial charge is 0.287 e. The number of nitrogens with zero attached hydrogens (tertiary/aromatic N) is 3. The van der Waals surface area contributed by atoms with Crippen LogP contribution >= 0.6 is 0 Å². The molecular weight excluding hydrogens is 348 g/mol. The van der Waals surface area contributed by atoms with Crippen molar-refractivity contribution in [2.24, 2.45) is 5.92 Å². The molecule has 0 spiro atoms. The number of carbonyl (C=O) groups is 2. The Morgan fingerprint density at radius 2 is 2.15 bits per heavy atom. The predicted octanol–water partition coefficient (Wildman–Crippen LogP) is 1.95. The fraction of sp³-hybridized carbons (Fsp3) is 0.526. The number of furan rings is 1. The van der Waals surface area contributed by atoms with Crippen LogP contribution in [0.5, 0.6) is 5.95 Å². The summed E-state index contributed by atoms with van der Waals surface area (Å²) in [6.45, 7) is 2.46. The van der Waals surface area contributed by atoms with E-state index >= 15 is 0 Å².